The predicted octanol–water partition coefficient (Wildman–Crippen LogP) is 20.1. The zero-order valence-corrected chi connectivity index (χ0v) is 60.2. The lowest BCUT2D eigenvalue weighted by atomic mass is 9.66. The summed E-state index contributed by atoms with van der Waals surface area (Å²) in [6, 6.07) is 19.3. The molecule has 0 aliphatic heterocycles. The Kier molecular flexibility index (Phi) is 58.7. The molecule has 0 aliphatic rings. The van der Waals surface area contributed by atoms with Crippen LogP contribution >= 0.6 is 0 Å². The van der Waals surface area contributed by atoms with E-state index in [0.29, 0.717) is 20.9 Å². The van der Waals surface area contributed by atoms with Crippen molar-refractivity contribution in [2.75, 3.05) is 85.1 Å². The van der Waals surface area contributed by atoms with Crippen LogP contribution in [0.5, 0.6) is 0 Å². The molecule has 6 nitrogen and oxygen atoms in total. The average molecular weight is 1250 g/mol. The van der Waals surface area contributed by atoms with E-state index < -0.39 is 12.7 Å². The number of nitrogens with zero attached hydrogens (tertiary/aromatic N) is 3. The third-order valence-corrected chi connectivity index (χ3v) is 18.1. The molecule has 0 saturated heterocycles. The molecule has 0 aromatic heterocycles. The molecule has 0 atom stereocenters. The minimum Gasteiger partial charge on any atom is -0.871 e. The van der Waals surface area contributed by atoms with Crippen LogP contribution in [0.15, 0.2) is 72.8 Å². The number of hydrogen-bond donors (Lipinski definition) is 0. The van der Waals surface area contributed by atoms with Gasteiger partial charge in [0.1, 0.15) is 17.5 Å². The maximum absolute atomic E-state index is 14.2. The van der Waals surface area contributed by atoms with E-state index in [1.54, 1.807) is 18.2 Å². The summed E-state index contributed by atoms with van der Waals surface area (Å²) in [5.41, 5.74) is 1.37. The van der Waals surface area contributed by atoms with Crippen LogP contribution in [0.3, 0.4) is 0 Å². The lowest BCUT2D eigenvalue weighted by Crippen LogP contribution is -2.50. The van der Waals surface area contributed by atoms with Crippen molar-refractivity contribution in [1.29, 1.82) is 0 Å². The van der Waals surface area contributed by atoms with E-state index in [0.717, 1.165) is 55.2 Å². The lowest BCUT2D eigenvalue weighted by molar-refractivity contribution is -0.929. The Bertz CT molecular complexity index is 1690. The molecular weight excluding hydrogens is 1110 g/mol. The van der Waals surface area contributed by atoms with Gasteiger partial charge in [0, 0.05) is 12.0 Å². The van der Waals surface area contributed by atoms with Crippen molar-refractivity contribution in [3.63, 3.8) is 0 Å². The minimum atomic E-state index is -2.10. The zero-order chi connectivity index (χ0) is 66.8. The molecule has 0 saturated carbocycles. The van der Waals surface area contributed by atoms with Gasteiger partial charge in [-0.15, -0.1) is 0 Å². The van der Waals surface area contributed by atoms with Crippen LogP contribution in [-0.4, -0.2) is 114 Å². The standard InChI is InChI=1S/C24H25BF3.3C16H36N.C6H13BO3/c25-14-3-1-2-13-24(18-7-4-10-21(26)15-18,19-8-5-11-22(27)16-19)20-9-6-12-23(28)17-20;3*1-5-9-13-17(14-10-6-2,15-11-7-3)16-12-8-4;1-2-3-4-5-6-10-7(8)9/h4-12,15-17H,1-3,13-14H2,25H3;3*5-16H2,1-4H3;2-6H2,1H3/q-1;3*+1;-2. The van der Waals surface area contributed by atoms with E-state index in [-0.39, 0.29) is 17.5 Å². The van der Waals surface area contributed by atoms with Gasteiger partial charge in [0.2, 0.25) is 0 Å². The second-order valence-electron chi connectivity index (χ2n) is 25.9. The Balaban J connectivity index is 0. The molecule has 518 valence electrons. The van der Waals surface area contributed by atoms with Crippen molar-refractivity contribution < 1.29 is 41.3 Å². The van der Waals surface area contributed by atoms with Gasteiger partial charge >= 0.3 is 0 Å². The summed E-state index contributed by atoms with van der Waals surface area (Å²) in [7, 11) is -1.70. The van der Waals surface area contributed by atoms with Gasteiger partial charge in [0.05, 0.1) is 85.9 Å². The van der Waals surface area contributed by atoms with Gasteiger partial charge in [-0.3, -0.25) is 0 Å². The van der Waals surface area contributed by atoms with Crippen molar-refractivity contribution in [3.8, 4) is 0 Å². The normalized spacial score (nSPS) is 11.6. The molecule has 3 aromatic carbocycles. The largest absolute Gasteiger partial charge is 0.871 e. The molecule has 0 N–H and O–H groups in total. The molecule has 0 amide bonds. The van der Waals surface area contributed by atoms with Gasteiger partial charge in [-0.05, 0) is 151 Å². The summed E-state index contributed by atoms with van der Waals surface area (Å²) in [6.45, 7) is 47.5. The number of hydrogen-bond acceptors (Lipinski definition) is 3. The first-order valence-electron chi connectivity index (χ1n) is 37.1. The van der Waals surface area contributed by atoms with Gasteiger partial charge in [0.25, 0.3) is 0 Å². The van der Waals surface area contributed by atoms with Crippen molar-refractivity contribution in [2.24, 2.45) is 0 Å². The van der Waals surface area contributed by atoms with E-state index in [1.165, 1.54) is 295 Å². The highest BCUT2D eigenvalue weighted by Crippen LogP contribution is 2.44. The average Bonchev–Trinajstić information content (AvgIpc) is 2.01. The number of quaternary nitrogens is 3. The zero-order valence-electron chi connectivity index (χ0n) is 60.2. The highest BCUT2D eigenvalue weighted by molar-refractivity contribution is 6.28. The molecule has 0 fully saturated rings. The first kappa shape index (κ1) is 88.4. The molecule has 0 heterocycles. The molecule has 0 bridgehead atoms. The van der Waals surface area contributed by atoms with Crippen LogP contribution < -0.4 is 10.0 Å². The Hall–Kier alpha value is -2.66. The van der Waals surface area contributed by atoms with E-state index in [2.05, 4.69) is 94.7 Å². The van der Waals surface area contributed by atoms with Crippen LogP contribution in [0.2, 0.25) is 6.32 Å². The second-order valence-corrected chi connectivity index (χ2v) is 25.9. The lowest BCUT2D eigenvalue weighted by Gasteiger charge is -2.39. The molecule has 3 rings (SSSR count). The fraction of sp³-hybridized carbons (Fsp3) is 0.769. The topological polar surface area (TPSA) is 55.3 Å². The summed E-state index contributed by atoms with van der Waals surface area (Å²) in [4.78, 5) is 0. The molecule has 89 heavy (non-hydrogen) atoms. The Labute approximate surface area is 553 Å². The molecule has 0 spiro atoms. The number of benzene rings is 3. The van der Waals surface area contributed by atoms with Gasteiger partial charge in [-0.2, -0.15) is 6.32 Å². The molecular formula is C78H146B2F3N3O3. The Morgan fingerprint density at radius 3 is 0.775 bits per heavy atom. The monoisotopic (exact) mass is 1250 g/mol. The second kappa shape index (κ2) is 59.1. The molecule has 11 heteroatoms. The number of rotatable bonds is 50. The van der Waals surface area contributed by atoms with Crippen molar-refractivity contribution in [2.45, 2.75) is 307 Å². The first-order chi connectivity index (χ1) is 43.1. The Morgan fingerprint density at radius 1 is 0.337 bits per heavy atom. The van der Waals surface area contributed by atoms with Gasteiger partial charge in [0.15, 0.2) is 0 Å². The predicted molar refractivity (Wildman–Crippen MR) is 386 cm³/mol. The van der Waals surface area contributed by atoms with Crippen molar-refractivity contribution in [1.82, 2.24) is 0 Å². The maximum Gasteiger partial charge on any atom is 0.123 e. The fourth-order valence-corrected chi connectivity index (χ4v) is 12.4. The SMILES string of the molecule is CCCCCCOB([O-])[O-].CCCC[N+](CCCC)(CCCC)CCCC.CCCC[N+](CCCC)(CCCC)CCCC.CCCC[N+](CCCC)(CCCC)CCCC.[BH3-]CCCCCC(c1cccc(F)c1)(c1cccc(F)c1)c1cccc(F)c1. The molecule has 0 radical (unpaired) electrons. The van der Waals surface area contributed by atoms with Gasteiger partial charge in [-0.25, -0.2) is 13.2 Å². The highest BCUT2D eigenvalue weighted by Gasteiger charge is 2.37. The van der Waals surface area contributed by atoms with Crippen LogP contribution in [0.1, 0.15) is 312 Å². The minimum absolute atomic E-state index is 0.317. The summed E-state index contributed by atoms with van der Waals surface area (Å²) in [5.74, 6) is -1.04. The van der Waals surface area contributed by atoms with Crippen LogP contribution in [0.25, 0.3) is 0 Å². The van der Waals surface area contributed by atoms with E-state index in [1.807, 2.05) is 18.2 Å². The smallest absolute Gasteiger partial charge is 0.123 e. The number of unbranched alkanes of at least 4 members (excludes halogenated alkanes) is 17. The van der Waals surface area contributed by atoms with Crippen LogP contribution in [-0.2, 0) is 10.1 Å². The van der Waals surface area contributed by atoms with Crippen LogP contribution in [0, 0.1) is 17.5 Å². The summed E-state index contributed by atoms with van der Waals surface area (Å²) >= 11 is 0. The quantitative estimate of drug-likeness (QED) is 0.0245. The molecule has 0 unspecified atom stereocenters. The van der Waals surface area contributed by atoms with E-state index in [9.17, 15) is 23.2 Å². The summed E-state index contributed by atoms with van der Waals surface area (Å²) in [6.07, 6.45) is 42.6. The van der Waals surface area contributed by atoms with Gasteiger partial charge < -0.3 is 28.2 Å². The Morgan fingerprint density at radius 2 is 0.573 bits per heavy atom. The third-order valence-electron chi connectivity index (χ3n) is 18.1. The summed E-state index contributed by atoms with van der Waals surface area (Å²) < 4.78 is 51.1. The van der Waals surface area contributed by atoms with Gasteiger partial charge in [-0.1, -0.05) is 242 Å². The van der Waals surface area contributed by atoms with Crippen molar-refractivity contribution in [3.05, 3.63) is 107 Å². The molecule has 3 aromatic rings. The first-order valence-corrected chi connectivity index (χ1v) is 37.1. The van der Waals surface area contributed by atoms with E-state index in [4.69, 9.17) is 0 Å². The maximum atomic E-state index is 14.2. The third kappa shape index (κ3) is 41.6. The highest BCUT2D eigenvalue weighted by atomic mass is 19.1. The fourth-order valence-electron chi connectivity index (χ4n) is 12.4. The molecule has 0 aliphatic carbocycles. The van der Waals surface area contributed by atoms with Crippen LogP contribution in [0.4, 0.5) is 13.2 Å². The summed E-state index contributed by atoms with van der Waals surface area (Å²) in [5, 5.41) is 19.6. The number of halogens is 3. The van der Waals surface area contributed by atoms with E-state index >= 15 is 0 Å². The van der Waals surface area contributed by atoms with Crippen molar-refractivity contribution >= 4 is 15.2 Å².